The molecule has 0 saturated carbocycles. The summed E-state index contributed by atoms with van der Waals surface area (Å²) in [6.07, 6.45) is 2.66. The summed E-state index contributed by atoms with van der Waals surface area (Å²) in [6, 6.07) is 5.10. The van der Waals surface area contributed by atoms with E-state index in [0.29, 0.717) is 11.6 Å². The summed E-state index contributed by atoms with van der Waals surface area (Å²) in [7, 11) is 0. The number of aliphatic hydroxyl groups is 1. The third-order valence-electron chi connectivity index (χ3n) is 3.40. The predicted octanol–water partition coefficient (Wildman–Crippen LogP) is 3.09. The Kier molecular flexibility index (Phi) is 3.59. The van der Waals surface area contributed by atoms with Crippen LogP contribution in [0.5, 0.6) is 5.75 Å². The molecule has 0 saturated heterocycles. The maximum Gasteiger partial charge on any atom is 0.147 e. The van der Waals surface area contributed by atoms with E-state index >= 15 is 0 Å². The number of hydrogen-bond donors (Lipinski definition) is 1. The van der Waals surface area contributed by atoms with Crippen LogP contribution in [-0.2, 0) is 12.8 Å². The Hall–Kier alpha value is -1.65. The van der Waals surface area contributed by atoms with Crippen LogP contribution in [0.1, 0.15) is 22.8 Å². The lowest BCUT2D eigenvalue weighted by Gasteiger charge is -2.14. The van der Waals surface area contributed by atoms with Gasteiger partial charge in [0.05, 0.1) is 18.9 Å². The van der Waals surface area contributed by atoms with E-state index in [4.69, 9.17) is 16.3 Å². The Morgan fingerprint density at radius 3 is 3.10 bits per heavy atom. The highest BCUT2D eigenvalue weighted by atomic mass is 35.5. The van der Waals surface area contributed by atoms with Gasteiger partial charge in [-0.3, -0.25) is 4.98 Å². The molecule has 3 rings (SSSR count). The normalized spacial score (nSPS) is 14.8. The quantitative estimate of drug-likeness (QED) is 0.945. The Morgan fingerprint density at radius 2 is 2.30 bits per heavy atom. The van der Waals surface area contributed by atoms with Gasteiger partial charge in [0.25, 0.3) is 0 Å². The highest BCUT2D eigenvalue weighted by molar-refractivity contribution is 6.30. The van der Waals surface area contributed by atoms with Crippen LogP contribution in [-0.4, -0.2) is 16.7 Å². The molecule has 20 heavy (non-hydrogen) atoms. The zero-order valence-corrected chi connectivity index (χ0v) is 11.4. The first-order valence-corrected chi connectivity index (χ1v) is 6.74. The zero-order chi connectivity index (χ0) is 14.1. The van der Waals surface area contributed by atoms with E-state index in [2.05, 4.69) is 4.98 Å². The molecule has 1 atom stereocenters. The number of rotatable bonds is 3. The van der Waals surface area contributed by atoms with Gasteiger partial charge in [0.1, 0.15) is 11.6 Å². The summed E-state index contributed by atoms with van der Waals surface area (Å²) in [5.41, 5.74) is 2.07. The van der Waals surface area contributed by atoms with Crippen LogP contribution in [0.3, 0.4) is 0 Å². The molecule has 1 aliphatic heterocycles. The minimum atomic E-state index is -0.954. The summed E-state index contributed by atoms with van der Waals surface area (Å²) >= 11 is 6.07. The van der Waals surface area contributed by atoms with Gasteiger partial charge in [-0.2, -0.15) is 0 Å². The van der Waals surface area contributed by atoms with Crippen molar-refractivity contribution in [2.45, 2.75) is 18.9 Å². The number of ether oxygens (including phenoxy) is 1. The van der Waals surface area contributed by atoms with Gasteiger partial charge in [0, 0.05) is 29.6 Å². The number of nitrogens with zero attached hydrogens (tertiary/aromatic N) is 1. The number of hydrogen-bond acceptors (Lipinski definition) is 3. The monoisotopic (exact) mass is 293 g/mol. The van der Waals surface area contributed by atoms with E-state index < -0.39 is 11.9 Å². The van der Waals surface area contributed by atoms with Crippen molar-refractivity contribution < 1.29 is 14.2 Å². The van der Waals surface area contributed by atoms with Gasteiger partial charge < -0.3 is 9.84 Å². The number of halogens is 2. The zero-order valence-electron chi connectivity index (χ0n) is 10.6. The van der Waals surface area contributed by atoms with Gasteiger partial charge in [-0.25, -0.2) is 4.39 Å². The molecule has 1 N–H and O–H groups in total. The molecule has 0 aliphatic carbocycles. The fourth-order valence-corrected chi connectivity index (χ4v) is 2.74. The molecule has 2 aromatic rings. The molecule has 0 amide bonds. The SMILES string of the molecule is OC(Cc1cc(Cl)cc2c1OCC2)c1ccncc1F. The summed E-state index contributed by atoms with van der Waals surface area (Å²) in [6.45, 7) is 0.613. The molecule has 0 fully saturated rings. The molecule has 0 bridgehead atoms. The van der Waals surface area contributed by atoms with E-state index in [0.717, 1.165) is 29.5 Å². The van der Waals surface area contributed by atoms with Crippen LogP contribution in [0.2, 0.25) is 5.02 Å². The first kappa shape index (κ1) is 13.3. The fourth-order valence-electron chi connectivity index (χ4n) is 2.47. The van der Waals surface area contributed by atoms with Crippen molar-refractivity contribution in [1.29, 1.82) is 0 Å². The smallest absolute Gasteiger partial charge is 0.147 e. The van der Waals surface area contributed by atoms with Gasteiger partial charge in [-0.05, 0) is 29.3 Å². The van der Waals surface area contributed by atoms with Gasteiger partial charge >= 0.3 is 0 Å². The van der Waals surface area contributed by atoms with E-state index in [1.54, 1.807) is 6.07 Å². The van der Waals surface area contributed by atoms with E-state index in [-0.39, 0.29) is 12.0 Å². The van der Waals surface area contributed by atoms with E-state index in [9.17, 15) is 9.50 Å². The topological polar surface area (TPSA) is 42.4 Å². The van der Waals surface area contributed by atoms with Crippen molar-refractivity contribution in [2.24, 2.45) is 0 Å². The minimum Gasteiger partial charge on any atom is -0.493 e. The van der Waals surface area contributed by atoms with Crippen molar-refractivity contribution >= 4 is 11.6 Å². The third-order valence-corrected chi connectivity index (χ3v) is 3.62. The molecule has 3 nitrogen and oxygen atoms in total. The summed E-state index contributed by atoms with van der Waals surface area (Å²) in [5, 5.41) is 10.8. The summed E-state index contributed by atoms with van der Waals surface area (Å²) in [5.74, 6) is 0.252. The molecule has 1 unspecified atom stereocenters. The van der Waals surface area contributed by atoms with E-state index in [1.807, 2.05) is 6.07 Å². The third kappa shape index (κ3) is 2.49. The van der Waals surface area contributed by atoms with Crippen LogP contribution in [0.25, 0.3) is 0 Å². The lowest BCUT2D eigenvalue weighted by Crippen LogP contribution is -2.06. The Bertz CT molecular complexity index is 648. The Morgan fingerprint density at radius 1 is 1.45 bits per heavy atom. The van der Waals surface area contributed by atoms with Crippen molar-refractivity contribution in [1.82, 2.24) is 4.98 Å². The fraction of sp³-hybridized carbons (Fsp3) is 0.267. The minimum absolute atomic E-state index is 0.228. The Labute approximate surface area is 121 Å². The molecule has 5 heteroatoms. The first-order chi connectivity index (χ1) is 9.65. The van der Waals surface area contributed by atoms with Crippen LogP contribution < -0.4 is 4.74 Å². The van der Waals surface area contributed by atoms with Gasteiger partial charge in [0.2, 0.25) is 0 Å². The van der Waals surface area contributed by atoms with Crippen LogP contribution >= 0.6 is 11.6 Å². The summed E-state index contributed by atoms with van der Waals surface area (Å²) in [4.78, 5) is 3.67. The molecule has 2 heterocycles. The van der Waals surface area contributed by atoms with Crippen molar-refractivity contribution in [3.05, 3.63) is 58.1 Å². The molecule has 1 aliphatic rings. The molecule has 0 spiro atoms. The average Bonchev–Trinajstić information content (AvgIpc) is 2.87. The maximum atomic E-state index is 13.6. The Balaban J connectivity index is 1.90. The van der Waals surface area contributed by atoms with Crippen LogP contribution in [0.15, 0.2) is 30.6 Å². The second kappa shape index (κ2) is 5.38. The number of fused-ring (bicyclic) bond motifs is 1. The summed E-state index contributed by atoms with van der Waals surface area (Å²) < 4.78 is 19.2. The van der Waals surface area contributed by atoms with Gasteiger partial charge in [-0.1, -0.05) is 11.6 Å². The van der Waals surface area contributed by atoms with Gasteiger partial charge in [-0.15, -0.1) is 0 Å². The largest absolute Gasteiger partial charge is 0.493 e. The number of aromatic nitrogens is 1. The lowest BCUT2D eigenvalue weighted by atomic mass is 9.99. The second-order valence-corrected chi connectivity index (χ2v) is 5.21. The van der Waals surface area contributed by atoms with Crippen molar-refractivity contribution in [3.63, 3.8) is 0 Å². The average molecular weight is 294 g/mol. The van der Waals surface area contributed by atoms with Gasteiger partial charge in [0.15, 0.2) is 0 Å². The number of aliphatic hydroxyl groups excluding tert-OH is 1. The van der Waals surface area contributed by atoms with Crippen LogP contribution in [0.4, 0.5) is 4.39 Å². The lowest BCUT2D eigenvalue weighted by molar-refractivity contribution is 0.172. The number of pyridine rings is 1. The second-order valence-electron chi connectivity index (χ2n) is 4.77. The predicted molar refractivity (Wildman–Crippen MR) is 73.5 cm³/mol. The standard InChI is InChI=1S/C15H13ClFNO2/c16-11-5-9-2-4-20-15(9)10(6-11)7-14(19)12-1-3-18-8-13(12)17/h1,3,5-6,8,14,19H,2,4,7H2. The number of benzene rings is 1. The van der Waals surface area contributed by atoms with Crippen molar-refractivity contribution in [3.8, 4) is 5.75 Å². The molecule has 1 aromatic carbocycles. The first-order valence-electron chi connectivity index (χ1n) is 6.36. The highest BCUT2D eigenvalue weighted by Gasteiger charge is 2.21. The molecule has 0 radical (unpaired) electrons. The molecule has 104 valence electrons. The van der Waals surface area contributed by atoms with Crippen LogP contribution in [0, 0.1) is 5.82 Å². The molecule has 1 aromatic heterocycles. The maximum absolute atomic E-state index is 13.6. The highest BCUT2D eigenvalue weighted by Crippen LogP contribution is 2.35. The van der Waals surface area contributed by atoms with Crippen molar-refractivity contribution in [2.75, 3.05) is 6.61 Å². The molecular weight excluding hydrogens is 281 g/mol. The molecular formula is C15H13ClFNO2. The van der Waals surface area contributed by atoms with E-state index in [1.165, 1.54) is 12.3 Å².